The monoisotopic (exact) mass is 364 g/mol. The molecule has 1 N–H and O–H groups in total. The Kier molecular flexibility index (Phi) is 5.25. The molecular weight excluding hydrogens is 344 g/mol. The van der Waals surface area contributed by atoms with Crippen LogP contribution in [0, 0.1) is 6.92 Å². The minimum atomic E-state index is -0.223. The van der Waals surface area contributed by atoms with E-state index < -0.39 is 0 Å². The van der Waals surface area contributed by atoms with Crippen molar-refractivity contribution in [1.82, 2.24) is 25.1 Å². The minimum absolute atomic E-state index is 0.0371. The third-order valence-corrected chi connectivity index (χ3v) is 4.27. The molecule has 0 aliphatic carbocycles. The normalized spacial score (nSPS) is 10.5. The fraction of sp³-hybridized carbons (Fsp3) is 0.211. The second-order valence-corrected chi connectivity index (χ2v) is 6.24. The molecule has 2 amide bonds. The largest absolute Gasteiger partial charge is 0.342 e. The van der Waals surface area contributed by atoms with Crippen molar-refractivity contribution in [3.05, 3.63) is 65.5 Å². The smallest absolute Gasteiger partial charge is 0.255 e. The van der Waals surface area contributed by atoms with Crippen LogP contribution in [0.5, 0.6) is 0 Å². The van der Waals surface area contributed by atoms with Gasteiger partial charge in [-0.25, -0.2) is 4.68 Å². The van der Waals surface area contributed by atoms with Crippen LogP contribution in [0.15, 0.2) is 48.8 Å². The molecule has 1 aromatic heterocycles. The lowest BCUT2D eigenvalue weighted by atomic mass is 10.1. The van der Waals surface area contributed by atoms with Gasteiger partial charge < -0.3 is 10.2 Å². The predicted molar refractivity (Wildman–Crippen MR) is 100 cm³/mol. The number of tetrazole rings is 1. The zero-order chi connectivity index (χ0) is 19.4. The third kappa shape index (κ3) is 4.17. The first-order valence-electron chi connectivity index (χ1n) is 8.40. The maximum absolute atomic E-state index is 12.7. The van der Waals surface area contributed by atoms with Crippen LogP contribution in [0.4, 0.5) is 5.69 Å². The average molecular weight is 364 g/mol. The van der Waals surface area contributed by atoms with Gasteiger partial charge in [0.2, 0.25) is 5.91 Å². The van der Waals surface area contributed by atoms with Gasteiger partial charge in [0.1, 0.15) is 6.33 Å². The number of aromatic nitrogens is 4. The molecule has 0 radical (unpaired) electrons. The van der Waals surface area contributed by atoms with Crippen LogP contribution < -0.4 is 5.32 Å². The lowest BCUT2D eigenvalue weighted by Gasteiger charge is -2.18. The second kappa shape index (κ2) is 7.77. The van der Waals surface area contributed by atoms with Crippen LogP contribution in [0.1, 0.15) is 28.4 Å². The van der Waals surface area contributed by atoms with E-state index in [4.69, 9.17) is 0 Å². The lowest BCUT2D eigenvalue weighted by Crippen LogP contribution is -2.24. The molecule has 0 aliphatic rings. The van der Waals surface area contributed by atoms with E-state index in [0.717, 1.165) is 16.8 Å². The van der Waals surface area contributed by atoms with Crippen molar-refractivity contribution in [1.29, 1.82) is 0 Å². The number of hydrogen-bond acceptors (Lipinski definition) is 5. The van der Waals surface area contributed by atoms with Gasteiger partial charge in [0.25, 0.3) is 5.91 Å². The van der Waals surface area contributed by atoms with Crippen LogP contribution in [0.3, 0.4) is 0 Å². The maximum Gasteiger partial charge on any atom is 0.255 e. The molecular formula is C19H20N6O2. The van der Waals surface area contributed by atoms with Crippen molar-refractivity contribution in [2.75, 3.05) is 12.4 Å². The van der Waals surface area contributed by atoms with Gasteiger partial charge in [-0.05, 0) is 52.7 Å². The molecule has 0 saturated heterocycles. The van der Waals surface area contributed by atoms with Crippen LogP contribution in [-0.4, -0.2) is 44.0 Å². The summed E-state index contributed by atoms with van der Waals surface area (Å²) in [4.78, 5) is 25.8. The molecule has 2 aromatic carbocycles. The van der Waals surface area contributed by atoms with Crippen LogP contribution in [0.25, 0.3) is 5.69 Å². The number of benzene rings is 2. The van der Waals surface area contributed by atoms with Gasteiger partial charge in [-0.3, -0.25) is 9.59 Å². The Balaban J connectivity index is 1.80. The summed E-state index contributed by atoms with van der Waals surface area (Å²) >= 11 is 0. The van der Waals surface area contributed by atoms with Gasteiger partial charge in [0, 0.05) is 31.8 Å². The summed E-state index contributed by atoms with van der Waals surface area (Å²) in [6.45, 7) is 3.82. The summed E-state index contributed by atoms with van der Waals surface area (Å²) in [5.74, 6) is -0.260. The summed E-state index contributed by atoms with van der Waals surface area (Å²) in [5, 5.41) is 14.0. The van der Waals surface area contributed by atoms with Crippen molar-refractivity contribution in [3.63, 3.8) is 0 Å². The maximum atomic E-state index is 12.7. The SMILES string of the molecule is CC(=O)N(C)Cc1ccccc1NC(=O)c1ccc(-n2cnnn2)c(C)c1. The summed E-state index contributed by atoms with van der Waals surface area (Å²) in [6.07, 6.45) is 1.50. The Morgan fingerprint density at radius 1 is 1.19 bits per heavy atom. The van der Waals surface area contributed by atoms with E-state index in [9.17, 15) is 9.59 Å². The van der Waals surface area contributed by atoms with Crippen LogP contribution in [0.2, 0.25) is 0 Å². The van der Waals surface area contributed by atoms with Crippen molar-refractivity contribution < 1.29 is 9.59 Å². The summed E-state index contributed by atoms with van der Waals surface area (Å²) in [6, 6.07) is 12.8. The van der Waals surface area contributed by atoms with E-state index in [1.807, 2.05) is 31.2 Å². The molecule has 3 rings (SSSR count). The first kappa shape index (κ1) is 18.2. The number of rotatable bonds is 5. The highest BCUT2D eigenvalue weighted by Gasteiger charge is 2.13. The van der Waals surface area contributed by atoms with E-state index in [1.165, 1.54) is 13.3 Å². The summed E-state index contributed by atoms with van der Waals surface area (Å²) in [7, 11) is 1.72. The van der Waals surface area contributed by atoms with Gasteiger partial charge in [0.15, 0.2) is 0 Å². The molecule has 138 valence electrons. The summed E-state index contributed by atoms with van der Waals surface area (Å²) < 4.78 is 1.55. The number of nitrogens with zero attached hydrogens (tertiary/aromatic N) is 5. The van der Waals surface area contributed by atoms with Crippen molar-refractivity contribution in [2.24, 2.45) is 0 Å². The molecule has 0 atom stereocenters. The number of aryl methyl sites for hydroxylation is 1. The minimum Gasteiger partial charge on any atom is -0.342 e. The average Bonchev–Trinajstić information content (AvgIpc) is 3.17. The predicted octanol–water partition coefficient (Wildman–Crippen LogP) is 2.20. The lowest BCUT2D eigenvalue weighted by molar-refractivity contribution is -0.128. The van der Waals surface area contributed by atoms with Crippen LogP contribution in [-0.2, 0) is 11.3 Å². The van der Waals surface area contributed by atoms with E-state index >= 15 is 0 Å². The molecule has 8 heteroatoms. The Bertz CT molecular complexity index is 968. The van der Waals surface area contributed by atoms with Crippen LogP contribution >= 0.6 is 0 Å². The van der Waals surface area contributed by atoms with Gasteiger partial charge in [0.05, 0.1) is 5.69 Å². The van der Waals surface area contributed by atoms with E-state index in [-0.39, 0.29) is 11.8 Å². The van der Waals surface area contributed by atoms with Gasteiger partial charge in [-0.2, -0.15) is 0 Å². The molecule has 0 spiro atoms. The number of carbonyl (C=O) groups excluding carboxylic acids is 2. The Labute approximate surface area is 156 Å². The highest BCUT2D eigenvalue weighted by Crippen LogP contribution is 2.20. The highest BCUT2D eigenvalue weighted by atomic mass is 16.2. The Morgan fingerprint density at radius 2 is 1.96 bits per heavy atom. The zero-order valence-electron chi connectivity index (χ0n) is 15.4. The molecule has 3 aromatic rings. The first-order chi connectivity index (χ1) is 13.0. The molecule has 0 unspecified atom stereocenters. The number of para-hydroxylation sites is 1. The van der Waals surface area contributed by atoms with Crippen molar-refractivity contribution in [3.8, 4) is 5.69 Å². The number of hydrogen-bond donors (Lipinski definition) is 1. The number of carbonyl (C=O) groups is 2. The fourth-order valence-electron chi connectivity index (χ4n) is 2.67. The molecule has 0 aliphatic heterocycles. The van der Waals surface area contributed by atoms with Gasteiger partial charge >= 0.3 is 0 Å². The molecule has 0 saturated carbocycles. The quantitative estimate of drug-likeness (QED) is 0.749. The van der Waals surface area contributed by atoms with E-state index in [0.29, 0.717) is 17.8 Å². The van der Waals surface area contributed by atoms with E-state index in [1.54, 1.807) is 34.8 Å². The standard InChI is InChI=1S/C19H20N6O2/c1-13-10-15(8-9-18(13)25-12-20-22-23-25)19(27)21-17-7-5-4-6-16(17)11-24(3)14(2)26/h4-10,12H,11H2,1-3H3,(H,21,27). The molecule has 0 bridgehead atoms. The fourth-order valence-corrected chi connectivity index (χ4v) is 2.67. The van der Waals surface area contributed by atoms with E-state index in [2.05, 4.69) is 20.8 Å². The van der Waals surface area contributed by atoms with Gasteiger partial charge in [-0.1, -0.05) is 18.2 Å². The first-order valence-corrected chi connectivity index (χ1v) is 8.40. The Morgan fingerprint density at radius 3 is 2.63 bits per heavy atom. The van der Waals surface area contributed by atoms with Crippen molar-refractivity contribution >= 4 is 17.5 Å². The molecule has 0 fully saturated rings. The molecule has 1 heterocycles. The third-order valence-electron chi connectivity index (χ3n) is 4.27. The van der Waals surface area contributed by atoms with Crippen molar-refractivity contribution in [2.45, 2.75) is 20.4 Å². The highest BCUT2D eigenvalue weighted by molar-refractivity contribution is 6.05. The second-order valence-electron chi connectivity index (χ2n) is 6.24. The van der Waals surface area contributed by atoms with Gasteiger partial charge in [-0.15, -0.1) is 5.10 Å². The molecule has 27 heavy (non-hydrogen) atoms. The molecule has 8 nitrogen and oxygen atoms in total. The summed E-state index contributed by atoms with van der Waals surface area (Å²) in [5.41, 5.74) is 3.75. The zero-order valence-corrected chi connectivity index (χ0v) is 15.4. The topological polar surface area (TPSA) is 93.0 Å². The number of anilines is 1. The number of nitrogens with one attached hydrogen (secondary N) is 1. The Hall–Kier alpha value is -3.55. The number of amides is 2.